The van der Waals surface area contributed by atoms with Crippen molar-refractivity contribution in [3.8, 4) is 23.0 Å². The molecule has 3 aromatic carbocycles. The van der Waals surface area contributed by atoms with Crippen molar-refractivity contribution in [2.45, 2.75) is 13.5 Å². The van der Waals surface area contributed by atoms with E-state index in [1.165, 1.54) is 56.7 Å². The number of anilines is 1. The van der Waals surface area contributed by atoms with Crippen LogP contribution in [0.3, 0.4) is 0 Å². The normalized spacial score (nSPS) is 14.1. The molecule has 0 aromatic heterocycles. The fraction of sp³-hybridized carbons (Fsp3) is 0.179. The van der Waals surface area contributed by atoms with Crippen molar-refractivity contribution in [1.82, 2.24) is 5.32 Å². The van der Waals surface area contributed by atoms with Gasteiger partial charge in [-0.05, 0) is 48.4 Å². The third-order valence-corrected chi connectivity index (χ3v) is 6.55. The molecule has 1 fully saturated rings. The van der Waals surface area contributed by atoms with Gasteiger partial charge in [0.05, 0.1) is 41.5 Å². The Labute approximate surface area is 249 Å². The number of imide groups is 2. The SMILES string of the molecule is CCOc1cc(/C=C2\C(=O)NC(=O)N(c3cc(OC)c(Cl)cc3OC)C2=O)cc(Cl)c1OCc1ccc([N+](=O)[O-])cc1. The Kier molecular flexibility index (Phi) is 9.18. The molecule has 0 aliphatic carbocycles. The molecular weight excluding hydrogens is 593 g/mol. The first-order chi connectivity index (χ1) is 20.1. The number of amides is 4. The van der Waals surface area contributed by atoms with Crippen molar-refractivity contribution >= 4 is 58.5 Å². The number of barbiturate groups is 1. The highest BCUT2D eigenvalue weighted by Crippen LogP contribution is 2.40. The standard InChI is InChI=1S/C28H23Cl2N3O9/c1-4-41-24-11-16(10-20(30)25(24)42-14-15-5-7-17(8-6-15)33(37)38)9-18-26(34)31-28(36)32(27(18)35)21-13-22(39-2)19(29)12-23(21)40-3/h5-13H,4,14H2,1-3H3,(H,31,34,36)/b18-9+. The van der Waals surface area contributed by atoms with Crippen molar-refractivity contribution in [2.24, 2.45) is 0 Å². The van der Waals surface area contributed by atoms with E-state index in [0.717, 1.165) is 4.90 Å². The Hall–Kier alpha value is -4.81. The second-order valence-corrected chi connectivity index (χ2v) is 9.41. The summed E-state index contributed by atoms with van der Waals surface area (Å²) in [4.78, 5) is 50.2. The molecule has 1 aliphatic rings. The number of hydrogen-bond acceptors (Lipinski definition) is 9. The maximum absolute atomic E-state index is 13.5. The van der Waals surface area contributed by atoms with Gasteiger partial charge in [-0.15, -0.1) is 0 Å². The summed E-state index contributed by atoms with van der Waals surface area (Å²) in [6.45, 7) is 2.02. The number of nitrogens with one attached hydrogen (secondary N) is 1. The maximum atomic E-state index is 13.5. The Morgan fingerprint density at radius 2 is 1.62 bits per heavy atom. The van der Waals surface area contributed by atoms with Crippen LogP contribution in [-0.2, 0) is 16.2 Å². The van der Waals surface area contributed by atoms with Gasteiger partial charge in [0.25, 0.3) is 17.5 Å². The summed E-state index contributed by atoms with van der Waals surface area (Å²) in [5.41, 5.74) is 0.527. The second kappa shape index (κ2) is 12.8. The summed E-state index contributed by atoms with van der Waals surface area (Å²) in [5, 5.41) is 13.3. The largest absolute Gasteiger partial charge is 0.495 e. The quantitative estimate of drug-likeness (QED) is 0.134. The zero-order valence-corrected chi connectivity index (χ0v) is 23.9. The van der Waals surface area contributed by atoms with Crippen LogP contribution in [0.1, 0.15) is 18.1 Å². The molecule has 0 spiro atoms. The van der Waals surface area contributed by atoms with E-state index in [1.54, 1.807) is 19.1 Å². The first-order valence-electron chi connectivity index (χ1n) is 12.2. The van der Waals surface area contributed by atoms with Crippen molar-refractivity contribution in [1.29, 1.82) is 0 Å². The Morgan fingerprint density at radius 3 is 2.24 bits per heavy atom. The average Bonchev–Trinajstić information content (AvgIpc) is 2.95. The number of benzene rings is 3. The molecule has 1 N–H and O–H groups in total. The fourth-order valence-electron chi connectivity index (χ4n) is 4.01. The highest BCUT2D eigenvalue weighted by molar-refractivity contribution is 6.40. The maximum Gasteiger partial charge on any atom is 0.336 e. The van der Waals surface area contributed by atoms with E-state index in [4.69, 9.17) is 42.1 Å². The third kappa shape index (κ3) is 6.24. The molecule has 0 radical (unpaired) electrons. The van der Waals surface area contributed by atoms with Crippen LogP contribution in [0.15, 0.2) is 54.1 Å². The van der Waals surface area contributed by atoms with E-state index >= 15 is 0 Å². The highest BCUT2D eigenvalue weighted by Gasteiger charge is 2.38. The molecule has 4 rings (SSSR count). The van der Waals surface area contributed by atoms with Crippen LogP contribution >= 0.6 is 23.2 Å². The first-order valence-corrected chi connectivity index (χ1v) is 13.0. The van der Waals surface area contributed by atoms with E-state index in [-0.39, 0.29) is 63.2 Å². The minimum Gasteiger partial charge on any atom is -0.495 e. The smallest absolute Gasteiger partial charge is 0.336 e. The minimum absolute atomic E-state index is 0.00248. The van der Waals surface area contributed by atoms with Gasteiger partial charge in [0, 0.05) is 24.3 Å². The number of nitro groups is 1. The number of ether oxygens (including phenoxy) is 4. The van der Waals surface area contributed by atoms with Gasteiger partial charge in [-0.3, -0.25) is 25.0 Å². The fourth-order valence-corrected chi connectivity index (χ4v) is 4.51. The summed E-state index contributed by atoms with van der Waals surface area (Å²) in [6.07, 6.45) is 1.26. The number of rotatable bonds is 10. The molecule has 3 aromatic rings. The van der Waals surface area contributed by atoms with Crippen molar-refractivity contribution in [3.05, 3.63) is 85.4 Å². The first kappa shape index (κ1) is 30.2. The molecule has 218 valence electrons. The van der Waals surface area contributed by atoms with Crippen molar-refractivity contribution < 1.29 is 38.3 Å². The van der Waals surface area contributed by atoms with Gasteiger partial charge < -0.3 is 18.9 Å². The summed E-state index contributed by atoms with van der Waals surface area (Å²) in [6, 6.07) is 10.5. The van der Waals surface area contributed by atoms with Gasteiger partial charge in [-0.25, -0.2) is 9.69 Å². The average molecular weight is 616 g/mol. The predicted octanol–water partition coefficient (Wildman–Crippen LogP) is 5.56. The number of hydrogen-bond donors (Lipinski definition) is 1. The van der Waals surface area contributed by atoms with E-state index in [9.17, 15) is 24.5 Å². The zero-order valence-electron chi connectivity index (χ0n) is 22.4. The molecular formula is C28H23Cl2N3O9. The number of nitro benzene ring substituents is 1. The van der Waals surface area contributed by atoms with Gasteiger partial charge in [0.1, 0.15) is 23.7 Å². The van der Waals surface area contributed by atoms with Crippen LogP contribution in [-0.4, -0.2) is 43.6 Å². The van der Waals surface area contributed by atoms with Gasteiger partial charge in [0.15, 0.2) is 11.5 Å². The summed E-state index contributed by atoms with van der Waals surface area (Å²) in [5.74, 6) is -1.18. The molecule has 1 heterocycles. The lowest BCUT2D eigenvalue weighted by Crippen LogP contribution is -2.54. The molecule has 4 amide bonds. The van der Waals surface area contributed by atoms with Crippen LogP contribution < -0.4 is 29.2 Å². The lowest BCUT2D eigenvalue weighted by Gasteiger charge is -2.28. The zero-order chi connectivity index (χ0) is 30.6. The molecule has 0 saturated carbocycles. The number of carbonyl (C=O) groups is 3. The second-order valence-electron chi connectivity index (χ2n) is 8.59. The Balaban J connectivity index is 1.67. The Morgan fingerprint density at radius 1 is 0.929 bits per heavy atom. The molecule has 0 atom stereocenters. The molecule has 1 saturated heterocycles. The molecule has 1 aliphatic heterocycles. The van der Waals surface area contributed by atoms with E-state index < -0.39 is 22.8 Å². The van der Waals surface area contributed by atoms with Gasteiger partial charge in [-0.2, -0.15) is 0 Å². The molecule has 42 heavy (non-hydrogen) atoms. The highest BCUT2D eigenvalue weighted by atomic mass is 35.5. The monoisotopic (exact) mass is 615 g/mol. The van der Waals surface area contributed by atoms with E-state index in [0.29, 0.717) is 11.1 Å². The van der Waals surface area contributed by atoms with E-state index in [1.807, 2.05) is 0 Å². The third-order valence-electron chi connectivity index (χ3n) is 5.97. The summed E-state index contributed by atoms with van der Waals surface area (Å²) < 4.78 is 22.1. The number of carbonyl (C=O) groups excluding carboxylic acids is 3. The Bertz CT molecular complexity index is 1610. The molecule has 0 unspecified atom stereocenters. The predicted molar refractivity (Wildman–Crippen MR) is 154 cm³/mol. The van der Waals surface area contributed by atoms with Crippen LogP contribution in [0.4, 0.5) is 16.2 Å². The summed E-state index contributed by atoms with van der Waals surface area (Å²) in [7, 11) is 2.70. The number of halogens is 2. The molecule has 14 heteroatoms. The van der Waals surface area contributed by atoms with Gasteiger partial charge in [-0.1, -0.05) is 23.2 Å². The summed E-state index contributed by atoms with van der Waals surface area (Å²) >= 11 is 12.7. The lowest BCUT2D eigenvalue weighted by atomic mass is 10.1. The van der Waals surface area contributed by atoms with Crippen LogP contribution in [0, 0.1) is 10.1 Å². The minimum atomic E-state index is -0.993. The molecule has 0 bridgehead atoms. The van der Waals surface area contributed by atoms with Gasteiger partial charge >= 0.3 is 6.03 Å². The number of non-ortho nitro benzene ring substituents is 1. The number of nitrogens with zero attached hydrogens (tertiary/aromatic N) is 2. The van der Waals surface area contributed by atoms with Crippen LogP contribution in [0.25, 0.3) is 6.08 Å². The topological polar surface area (TPSA) is 147 Å². The van der Waals surface area contributed by atoms with Crippen molar-refractivity contribution in [2.75, 3.05) is 25.7 Å². The van der Waals surface area contributed by atoms with Gasteiger partial charge in [0.2, 0.25) is 0 Å². The van der Waals surface area contributed by atoms with E-state index in [2.05, 4.69) is 5.32 Å². The van der Waals surface area contributed by atoms with Crippen LogP contribution in [0.2, 0.25) is 10.0 Å². The molecule has 12 nitrogen and oxygen atoms in total. The number of methoxy groups -OCH3 is 2. The number of urea groups is 1. The van der Waals surface area contributed by atoms with Crippen LogP contribution in [0.5, 0.6) is 23.0 Å². The van der Waals surface area contributed by atoms with Crippen molar-refractivity contribution in [3.63, 3.8) is 0 Å². The lowest BCUT2D eigenvalue weighted by molar-refractivity contribution is -0.384.